The van der Waals surface area contributed by atoms with E-state index >= 15 is 0 Å². The smallest absolute Gasteiger partial charge is 0.252 e. The van der Waals surface area contributed by atoms with E-state index in [-0.39, 0.29) is 17.8 Å². The Morgan fingerprint density at radius 2 is 1.96 bits per heavy atom. The summed E-state index contributed by atoms with van der Waals surface area (Å²) in [5.41, 5.74) is 1.97. The van der Waals surface area contributed by atoms with Gasteiger partial charge in [0.05, 0.1) is 11.7 Å². The number of carbonyl (C=O) groups excluding carboxylic acids is 1. The van der Waals surface area contributed by atoms with Gasteiger partial charge in [0.1, 0.15) is 12.1 Å². The summed E-state index contributed by atoms with van der Waals surface area (Å²) >= 11 is 1.53. The van der Waals surface area contributed by atoms with Crippen molar-refractivity contribution < 1.29 is 9.18 Å². The number of thiophene rings is 1. The maximum absolute atomic E-state index is 13.3. The zero-order valence-corrected chi connectivity index (χ0v) is 14.8. The third-order valence-electron chi connectivity index (χ3n) is 4.03. The van der Waals surface area contributed by atoms with E-state index in [0.717, 1.165) is 10.4 Å². The molecule has 2 heterocycles. The lowest BCUT2D eigenvalue weighted by Gasteiger charge is -2.18. The molecule has 1 N–H and O–H groups in total. The van der Waals surface area contributed by atoms with Crippen molar-refractivity contribution in [3.05, 3.63) is 94.2 Å². The van der Waals surface area contributed by atoms with Gasteiger partial charge >= 0.3 is 0 Å². The maximum Gasteiger partial charge on any atom is 0.252 e. The van der Waals surface area contributed by atoms with Gasteiger partial charge in [-0.1, -0.05) is 24.3 Å². The van der Waals surface area contributed by atoms with Gasteiger partial charge in [0.2, 0.25) is 0 Å². The van der Waals surface area contributed by atoms with Crippen LogP contribution in [0.15, 0.2) is 72.4 Å². The Kier molecular flexibility index (Phi) is 4.71. The first-order chi connectivity index (χ1) is 13.2. The number of tetrazole rings is 1. The van der Waals surface area contributed by atoms with Crippen molar-refractivity contribution in [2.24, 2.45) is 0 Å². The molecule has 0 aliphatic carbocycles. The summed E-state index contributed by atoms with van der Waals surface area (Å²) in [5.74, 6) is -0.559. The zero-order valence-electron chi connectivity index (χ0n) is 14.0. The number of halogens is 1. The number of nitrogens with zero attached hydrogens (tertiary/aromatic N) is 4. The van der Waals surface area contributed by atoms with Crippen molar-refractivity contribution in [2.45, 2.75) is 6.04 Å². The fraction of sp³-hybridized carbons (Fsp3) is 0.0526. The number of benzene rings is 2. The molecule has 0 aliphatic heterocycles. The highest BCUT2D eigenvalue weighted by Gasteiger charge is 2.19. The molecule has 8 heteroatoms. The van der Waals surface area contributed by atoms with Crippen LogP contribution in [0.4, 0.5) is 4.39 Å². The van der Waals surface area contributed by atoms with Crippen LogP contribution in [0.25, 0.3) is 5.69 Å². The fourth-order valence-corrected chi connectivity index (χ4v) is 3.52. The van der Waals surface area contributed by atoms with E-state index in [9.17, 15) is 9.18 Å². The summed E-state index contributed by atoms with van der Waals surface area (Å²) in [4.78, 5) is 13.8. The molecule has 0 bridgehead atoms. The van der Waals surface area contributed by atoms with Crippen molar-refractivity contribution in [3.8, 4) is 5.69 Å². The second kappa shape index (κ2) is 7.46. The molecule has 1 atom stereocenters. The van der Waals surface area contributed by atoms with Gasteiger partial charge in [0, 0.05) is 10.4 Å². The first kappa shape index (κ1) is 17.0. The Morgan fingerprint density at radius 1 is 1.11 bits per heavy atom. The lowest BCUT2D eigenvalue weighted by molar-refractivity contribution is 0.0943. The van der Waals surface area contributed by atoms with E-state index in [1.807, 2.05) is 23.6 Å². The molecule has 134 valence electrons. The van der Waals surface area contributed by atoms with Crippen molar-refractivity contribution >= 4 is 17.2 Å². The molecule has 2 aromatic heterocycles. The standard InChI is InChI=1S/C19H14FN5OS/c20-15-8-6-13(7-9-15)18(17-5-2-10-27-17)22-19(26)14-3-1-4-16(11-14)25-12-21-23-24-25/h1-12,18H,(H,22,26). The third-order valence-corrected chi connectivity index (χ3v) is 4.97. The van der Waals surface area contributed by atoms with Gasteiger partial charge in [-0.3, -0.25) is 4.79 Å². The predicted molar refractivity (Wildman–Crippen MR) is 99.2 cm³/mol. The number of carbonyl (C=O) groups is 1. The van der Waals surface area contributed by atoms with Crippen molar-refractivity contribution in [3.63, 3.8) is 0 Å². The monoisotopic (exact) mass is 379 g/mol. The van der Waals surface area contributed by atoms with Gasteiger partial charge in [-0.05, 0) is 57.8 Å². The molecule has 4 rings (SSSR count). The fourth-order valence-electron chi connectivity index (χ4n) is 2.71. The zero-order chi connectivity index (χ0) is 18.6. The van der Waals surface area contributed by atoms with Crippen molar-refractivity contribution in [2.75, 3.05) is 0 Å². The molecule has 27 heavy (non-hydrogen) atoms. The van der Waals surface area contributed by atoms with E-state index in [1.165, 1.54) is 34.5 Å². The van der Waals surface area contributed by atoms with E-state index < -0.39 is 0 Å². The van der Waals surface area contributed by atoms with Gasteiger partial charge in [-0.15, -0.1) is 16.4 Å². The van der Waals surface area contributed by atoms with Gasteiger partial charge in [0.25, 0.3) is 5.91 Å². The predicted octanol–water partition coefficient (Wildman–Crippen LogP) is 3.38. The van der Waals surface area contributed by atoms with Gasteiger partial charge in [0.15, 0.2) is 0 Å². The Balaban J connectivity index is 1.63. The van der Waals surface area contributed by atoms with Crippen LogP contribution in [0.1, 0.15) is 26.8 Å². The molecule has 0 aliphatic rings. The topological polar surface area (TPSA) is 72.7 Å². The number of aromatic nitrogens is 4. The lowest BCUT2D eigenvalue weighted by atomic mass is 10.0. The Hall–Kier alpha value is -3.39. The molecule has 0 saturated carbocycles. The summed E-state index contributed by atoms with van der Waals surface area (Å²) in [7, 11) is 0. The summed E-state index contributed by atoms with van der Waals surface area (Å²) < 4.78 is 14.8. The molecule has 4 aromatic rings. The minimum atomic E-state index is -0.366. The third kappa shape index (κ3) is 3.75. The number of hydrogen-bond acceptors (Lipinski definition) is 5. The van der Waals surface area contributed by atoms with Crippen molar-refractivity contribution in [1.29, 1.82) is 0 Å². The van der Waals surface area contributed by atoms with Crippen LogP contribution in [0.3, 0.4) is 0 Å². The van der Waals surface area contributed by atoms with Crippen molar-refractivity contribution in [1.82, 2.24) is 25.5 Å². The second-order valence-electron chi connectivity index (χ2n) is 5.78. The second-order valence-corrected chi connectivity index (χ2v) is 6.76. The van der Waals surface area contributed by atoms with Crippen LogP contribution >= 0.6 is 11.3 Å². The van der Waals surface area contributed by atoms with Crippen LogP contribution in [0.2, 0.25) is 0 Å². The summed E-state index contributed by atoms with van der Waals surface area (Å²) in [6, 6.07) is 16.6. The highest BCUT2D eigenvalue weighted by atomic mass is 32.1. The van der Waals surface area contributed by atoms with E-state index in [4.69, 9.17) is 0 Å². The maximum atomic E-state index is 13.3. The molecular formula is C19H14FN5OS. The molecule has 6 nitrogen and oxygen atoms in total. The number of amides is 1. The molecule has 0 saturated heterocycles. The summed E-state index contributed by atoms with van der Waals surface area (Å²) in [6.45, 7) is 0. The van der Waals surface area contributed by atoms with Crippen LogP contribution in [-0.4, -0.2) is 26.1 Å². The van der Waals surface area contributed by atoms with Gasteiger partial charge in [-0.25, -0.2) is 9.07 Å². The molecule has 1 amide bonds. The highest BCUT2D eigenvalue weighted by Crippen LogP contribution is 2.26. The number of nitrogens with one attached hydrogen (secondary N) is 1. The quantitative estimate of drug-likeness (QED) is 0.577. The van der Waals surface area contributed by atoms with Crippen LogP contribution in [0.5, 0.6) is 0 Å². The molecule has 0 radical (unpaired) electrons. The van der Waals surface area contributed by atoms with Crippen LogP contribution in [-0.2, 0) is 0 Å². The first-order valence-electron chi connectivity index (χ1n) is 8.14. The van der Waals surface area contributed by atoms with Crippen LogP contribution in [0, 0.1) is 5.82 Å². The normalized spacial score (nSPS) is 11.9. The minimum absolute atomic E-state index is 0.243. The lowest BCUT2D eigenvalue weighted by Crippen LogP contribution is -2.29. The summed E-state index contributed by atoms with van der Waals surface area (Å²) in [5, 5.41) is 16.0. The molecule has 2 aromatic carbocycles. The Labute approximate surface area is 158 Å². The van der Waals surface area contributed by atoms with E-state index in [1.54, 1.807) is 30.3 Å². The molecule has 0 fully saturated rings. The Morgan fingerprint density at radius 3 is 2.67 bits per heavy atom. The highest BCUT2D eigenvalue weighted by molar-refractivity contribution is 7.10. The summed E-state index contributed by atoms with van der Waals surface area (Å²) in [6.07, 6.45) is 1.46. The number of rotatable bonds is 5. The van der Waals surface area contributed by atoms with Crippen LogP contribution < -0.4 is 5.32 Å². The average molecular weight is 379 g/mol. The van der Waals surface area contributed by atoms with E-state index in [2.05, 4.69) is 20.8 Å². The van der Waals surface area contributed by atoms with E-state index in [0.29, 0.717) is 11.3 Å². The molecule has 0 spiro atoms. The first-order valence-corrected chi connectivity index (χ1v) is 9.02. The SMILES string of the molecule is O=C(NC(c1ccc(F)cc1)c1cccs1)c1cccc(-n2cnnn2)c1. The molecule has 1 unspecified atom stereocenters. The van der Waals surface area contributed by atoms with Gasteiger partial charge < -0.3 is 5.32 Å². The average Bonchev–Trinajstić information content (AvgIpc) is 3.41. The molecular weight excluding hydrogens is 365 g/mol. The largest absolute Gasteiger partial charge is 0.340 e. The van der Waals surface area contributed by atoms with Gasteiger partial charge in [-0.2, -0.15) is 0 Å². The number of hydrogen-bond donors (Lipinski definition) is 1. The minimum Gasteiger partial charge on any atom is -0.340 e. The Bertz CT molecular complexity index is 1030.